The van der Waals surface area contributed by atoms with Crippen LogP contribution in [0.2, 0.25) is 5.02 Å². The molecule has 0 fully saturated rings. The number of nitrogens with one attached hydrogen (secondary N) is 1. The third kappa shape index (κ3) is 6.75. The molecule has 158 valence electrons. The van der Waals surface area contributed by atoms with Crippen LogP contribution in [0.5, 0.6) is 0 Å². The minimum Gasteiger partial charge on any atom is -0.350 e. The number of halogens is 1. The number of aryl methyl sites for hydroxylation is 2. The summed E-state index contributed by atoms with van der Waals surface area (Å²) in [6.45, 7) is 6.09. The first-order chi connectivity index (χ1) is 13.6. The van der Waals surface area contributed by atoms with Crippen molar-refractivity contribution < 1.29 is 13.2 Å². The normalized spacial score (nSPS) is 12.4. The lowest BCUT2D eigenvalue weighted by molar-refractivity contribution is -0.121. The molecule has 0 spiro atoms. The van der Waals surface area contributed by atoms with E-state index >= 15 is 0 Å². The van der Waals surface area contributed by atoms with Crippen molar-refractivity contribution >= 4 is 33.2 Å². The predicted octanol–water partition coefficient (Wildman–Crippen LogP) is 4.63. The van der Waals surface area contributed by atoms with Gasteiger partial charge in [-0.15, -0.1) is 0 Å². The Morgan fingerprint density at radius 2 is 1.83 bits per heavy atom. The highest BCUT2D eigenvalue weighted by atomic mass is 35.5. The Hall–Kier alpha value is -2.05. The van der Waals surface area contributed by atoms with Gasteiger partial charge in [-0.3, -0.25) is 9.10 Å². The van der Waals surface area contributed by atoms with Gasteiger partial charge in [0.05, 0.1) is 18.0 Å². The molecular weight excluding hydrogens is 408 g/mol. The monoisotopic (exact) mass is 436 g/mol. The van der Waals surface area contributed by atoms with E-state index < -0.39 is 10.0 Å². The van der Waals surface area contributed by atoms with Crippen LogP contribution in [0.4, 0.5) is 5.69 Å². The minimum atomic E-state index is -3.48. The zero-order chi connectivity index (χ0) is 21.6. The fraction of sp³-hybridized carbons (Fsp3) is 0.409. The molecule has 0 aliphatic carbocycles. The van der Waals surface area contributed by atoms with Crippen LogP contribution in [0.1, 0.15) is 49.4 Å². The molecule has 2 rings (SSSR count). The molecule has 0 aromatic heterocycles. The molecule has 1 amide bonds. The molecular formula is C22H29ClN2O3S. The van der Waals surface area contributed by atoms with Crippen molar-refractivity contribution in [3.05, 3.63) is 64.2 Å². The molecule has 2 aromatic rings. The van der Waals surface area contributed by atoms with Crippen molar-refractivity contribution in [2.75, 3.05) is 17.1 Å². The molecule has 2 aromatic carbocycles. The van der Waals surface area contributed by atoms with E-state index in [-0.39, 0.29) is 24.9 Å². The van der Waals surface area contributed by atoms with E-state index in [4.69, 9.17) is 11.6 Å². The van der Waals surface area contributed by atoms with Gasteiger partial charge in [0.25, 0.3) is 0 Å². The zero-order valence-electron chi connectivity index (χ0n) is 17.4. The topological polar surface area (TPSA) is 66.5 Å². The molecule has 5 nitrogen and oxygen atoms in total. The summed E-state index contributed by atoms with van der Waals surface area (Å²) in [4.78, 5) is 12.3. The fourth-order valence-corrected chi connectivity index (χ4v) is 4.32. The number of hydrogen-bond donors (Lipinski definition) is 1. The summed E-state index contributed by atoms with van der Waals surface area (Å²) in [7, 11) is -3.48. The number of amides is 1. The maximum atomic E-state index is 12.3. The largest absolute Gasteiger partial charge is 0.350 e. The van der Waals surface area contributed by atoms with Crippen molar-refractivity contribution in [3.63, 3.8) is 0 Å². The maximum absolute atomic E-state index is 12.3. The van der Waals surface area contributed by atoms with Gasteiger partial charge >= 0.3 is 0 Å². The maximum Gasteiger partial charge on any atom is 0.232 e. The van der Waals surface area contributed by atoms with E-state index in [1.165, 1.54) is 9.87 Å². The van der Waals surface area contributed by atoms with Crippen molar-refractivity contribution in [2.45, 2.75) is 46.1 Å². The number of rotatable bonds is 9. The molecule has 0 aliphatic heterocycles. The smallest absolute Gasteiger partial charge is 0.232 e. The van der Waals surface area contributed by atoms with Crippen LogP contribution in [0.3, 0.4) is 0 Å². The van der Waals surface area contributed by atoms with Gasteiger partial charge < -0.3 is 5.32 Å². The Kier molecular flexibility index (Phi) is 8.11. The van der Waals surface area contributed by atoms with Crippen LogP contribution in [0.15, 0.2) is 42.5 Å². The summed E-state index contributed by atoms with van der Waals surface area (Å²) in [6.07, 6.45) is 2.79. The van der Waals surface area contributed by atoms with Crippen LogP contribution < -0.4 is 9.62 Å². The molecule has 0 saturated carbocycles. The highest BCUT2D eigenvalue weighted by Crippen LogP contribution is 2.26. The van der Waals surface area contributed by atoms with Gasteiger partial charge in [0, 0.05) is 18.0 Å². The summed E-state index contributed by atoms with van der Waals surface area (Å²) >= 11 is 6.04. The average Bonchev–Trinajstić information content (AvgIpc) is 2.66. The third-order valence-electron chi connectivity index (χ3n) is 4.87. The van der Waals surface area contributed by atoms with Gasteiger partial charge in [-0.05, 0) is 55.5 Å². The average molecular weight is 437 g/mol. The molecule has 1 unspecified atom stereocenters. The molecule has 0 aliphatic rings. The first-order valence-electron chi connectivity index (χ1n) is 9.74. The number of hydrogen-bond acceptors (Lipinski definition) is 3. The van der Waals surface area contributed by atoms with E-state index in [9.17, 15) is 13.2 Å². The number of carbonyl (C=O) groups is 1. The Bertz CT molecular complexity index is 943. The van der Waals surface area contributed by atoms with Gasteiger partial charge in [-0.2, -0.15) is 0 Å². The summed E-state index contributed by atoms with van der Waals surface area (Å²) in [5.74, 6) is -0.103. The molecule has 0 heterocycles. The van der Waals surface area contributed by atoms with Crippen LogP contribution in [-0.2, 0) is 21.2 Å². The standard InChI is InChI=1S/C22H29ClN2O3S/c1-5-18-9-11-19(12-10-18)17(3)24-22(26)7-6-14-25(29(4,27)28)21-15-20(23)13-8-16(21)2/h8-13,15,17H,5-7,14H2,1-4H3,(H,24,26). The minimum absolute atomic E-state index is 0.102. The Morgan fingerprint density at radius 3 is 2.41 bits per heavy atom. The lowest BCUT2D eigenvalue weighted by Gasteiger charge is -2.24. The predicted molar refractivity (Wildman–Crippen MR) is 120 cm³/mol. The molecule has 0 bridgehead atoms. The van der Waals surface area contributed by atoms with Crippen LogP contribution in [0, 0.1) is 6.92 Å². The molecule has 7 heteroatoms. The number of sulfonamides is 1. The van der Waals surface area contributed by atoms with E-state index in [1.54, 1.807) is 18.2 Å². The van der Waals surface area contributed by atoms with Crippen molar-refractivity contribution in [1.82, 2.24) is 5.32 Å². The Labute approximate surface area is 179 Å². The summed E-state index contributed by atoms with van der Waals surface area (Å²) in [5, 5.41) is 3.45. The van der Waals surface area contributed by atoms with Crippen LogP contribution >= 0.6 is 11.6 Å². The van der Waals surface area contributed by atoms with Crippen molar-refractivity contribution in [1.29, 1.82) is 0 Å². The molecule has 29 heavy (non-hydrogen) atoms. The fourth-order valence-electron chi connectivity index (χ4n) is 3.14. The second kappa shape index (κ2) is 10.1. The Morgan fingerprint density at radius 1 is 1.17 bits per heavy atom. The Balaban J connectivity index is 1.96. The van der Waals surface area contributed by atoms with Crippen LogP contribution in [-0.4, -0.2) is 27.1 Å². The highest BCUT2D eigenvalue weighted by molar-refractivity contribution is 7.92. The van der Waals surface area contributed by atoms with Gasteiger partial charge in [0.1, 0.15) is 0 Å². The quantitative estimate of drug-likeness (QED) is 0.622. The second-order valence-corrected chi connectivity index (χ2v) is 9.60. The van der Waals surface area contributed by atoms with E-state index in [2.05, 4.69) is 24.4 Å². The summed E-state index contributed by atoms with van der Waals surface area (Å²) in [6, 6.07) is 13.2. The molecule has 0 saturated heterocycles. The van der Waals surface area contributed by atoms with Gasteiger partial charge in [-0.25, -0.2) is 8.42 Å². The lowest BCUT2D eigenvalue weighted by Crippen LogP contribution is -2.33. The molecule has 1 N–H and O–H groups in total. The summed E-state index contributed by atoms with van der Waals surface area (Å²) < 4.78 is 25.9. The molecule has 1 atom stereocenters. The summed E-state index contributed by atoms with van der Waals surface area (Å²) in [5.41, 5.74) is 3.66. The van der Waals surface area contributed by atoms with Gasteiger partial charge in [-0.1, -0.05) is 48.9 Å². The number of nitrogens with zero attached hydrogens (tertiary/aromatic N) is 1. The highest BCUT2D eigenvalue weighted by Gasteiger charge is 2.20. The van der Waals surface area contributed by atoms with E-state index in [0.29, 0.717) is 17.1 Å². The number of carbonyl (C=O) groups excluding carboxylic acids is 1. The first kappa shape index (κ1) is 23.2. The van der Waals surface area contributed by atoms with Crippen LogP contribution in [0.25, 0.3) is 0 Å². The van der Waals surface area contributed by atoms with E-state index in [1.807, 2.05) is 26.0 Å². The number of anilines is 1. The first-order valence-corrected chi connectivity index (χ1v) is 12.0. The van der Waals surface area contributed by atoms with E-state index in [0.717, 1.165) is 23.8 Å². The second-order valence-electron chi connectivity index (χ2n) is 7.25. The van der Waals surface area contributed by atoms with Gasteiger partial charge in [0.2, 0.25) is 15.9 Å². The third-order valence-corrected chi connectivity index (χ3v) is 6.29. The molecule has 0 radical (unpaired) electrons. The SMILES string of the molecule is CCc1ccc(C(C)NC(=O)CCCN(c2cc(Cl)ccc2C)S(C)(=O)=O)cc1. The van der Waals surface area contributed by atoms with Gasteiger partial charge in [0.15, 0.2) is 0 Å². The number of benzene rings is 2. The van der Waals surface area contributed by atoms with Crippen molar-refractivity contribution in [2.24, 2.45) is 0 Å². The lowest BCUT2D eigenvalue weighted by atomic mass is 10.0. The van der Waals surface area contributed by atoms with Crippen molar-refractivity contribution in [3.8, 4) is 0 Å². The zero-order valence-corrected chi connectivity index (χ0v) is 19.0.